The number of anilines is 1. The summed E-state index contributed by atoms with van der Waals surface area (Å²) < 4.78 is 0. The zero-order valence-corrected chi connectivity index (χ0v) is 9.68. The van der Waals surface area contributed by atoms with Gasteiger partial charge in [-0.05, 0) is 35.9 Å². The molecule has 0 radical (unpaired) electrons. The number of nitrogens with two attached hydrogens (primary N) is 1. The maximum atomic E-state index is 10.5. The van der Waals surface area contributed by atoms with E-state index in [1.54, 1.807) is 12.1 Å². The van der Waals surface area contributed by atoms with Crippen LogP contribution in [0.2, 0.25) is 0 Å². The van der Waals surface area contributed by atoms with Gasteiger partial charge >= 0.3 is 0 Å². The van der Waals surface area contributed by atoms with Gasteiger partial charge in [-0.15, -0.1) is 11.3 Å². The van der Waals surface area contributed by atoms with E-state index in [-0.39, 0.29) is 5.69 Å². The van der Waals surface area contributed by atoms with Gasteiger partial charge in [0.2, 0.25) is 0 Å². The Morgan fingerprint density at radius 2 is 1.82 bits per heavy atom. The second-order valence-electron chi connectivity index (χ2n) is 3.42. The Hall–Kier alpha value is -2.14. The van der Waals surface area contributed by atoms with Gasteiger partial charge in [0, 0.05) is 17.0 Å². The van der Waals surface area contributed by atoms with Crippen LogP contribution in [0.1, 0.15) is 10.4 Å². The van der Waals surface area contributed by atoms with Crippen LogP contribution < -0.4 is 5.73 Å². The third-order valence-corrected chi connectivity index (χ3v) is 3.07. The molecule has 1 heterocycles. The molecule has 1 aromatic carbocycles. The number of benzene rings is 1. The number of thiophene rings is 1. The first-order valence-electron chi connectivity index (χ1n) is 4.93. The molecule has 0 aliphatic rings. The van der Waals surface area contributed by atoms with Crippen molar-refractivity contribution >= 4 is 34.2 Å². The van der Waals surface area contributed by atoms with Crippen molar-refractivity contribution in [3.8, 4) is 0 Å². The van der Waals surface area contributed by atoms with Crippen LogP contribution in [-0.4, -0.2) is 4.92 Å². The molecule has 17 heavy (non-hydrogen) atoms. The molecular formula is C12H10N2O2S. The molecule has 0 saturated heterocycles. The zero-order chi connectivity index (χ0) is 12.3. The van der Waals surface area contributed by atoms with Crippen molar-refractivity contribution in [2.24, 2.45) is 0 Å². The second kappa shape index (κ2) is 4.80. The Kier molecular flexibility index (Phi) is 3.20. The number of nitro benzene ring substituents is 1. The Labute approximate surface area is 102 Å². The van der Waals surface area contributed by atoms with Gasteiger partial charge in [0.1, 0.15) is 0 Å². The van der Waals surface area contributed by atoms with Gasteiger partial charge in [0.15, 0.2) is 0 Å². The van der Waals surface area contributed by atoms with Crippen molar-refractivity contribution in [3.63, 3.8) is 0 Å². The summed E-state index contributed by atoms with van der Waals surface area (Å²) in [5.74, 6) is 0. The molecule has 0 atom stereocenters. The second-order valence-corrected chi connectivity index (χ2v) is 4.57. The maximum absolute atomic E-state index is 10.5. The average Bonchev–Trinajstić information content (AvgIpc) is 2.73. The summed E-state index contributed by atoms with van der Waals surface area (Å²) in [6.07, 6.45) is 3.83. The van der Waals surface area contributed by atoms with Crippen molar-refractivity contribution in [2.75, 3.05) is 5.73 Å². The van der Waals surface area contributed by atoms with Gasteiger partial charge in [-0.2, -0.15) is 0 Å². The minimum Gasteiger partial charge on any atom is -0.391 e. The Morgan fingerprint density at radius 1 is 1.12 bits per heavy atom. The average molecular weight is 246 g/mol. The largest absolute Gasteiger partial charge is 0.391 e. The molecule has 86 valence electrons. The van der Waals surface area contributed by atoms with Crippen molar-refractivity contribution in [2.45, 2.75) is 0 Å². The molecular weight excluding hydrogens is 236 g/mol. The van der Waals surface area contributed by atoms with Crippen LogP contribution in [0.15, 0.2) is 36.4 Å². The van der Waals surface area contributed by atoms with Gasteiger partial charge in [-0.1, -0.05) is 6.08 Å². The predicted octanol–water partition coefficient (Wildman–Crippen LogP) is 3.41. The smallest absolute Gasteiger partial charge is 0.269 e. The number of nitrogen functional groups attached to an aromatic ring is 1. The van der Waals surface area contributed by atoms with Crippen LogP contribution in [0.4, 0.5) is 10.7 Å². The number of nitrogens with zero attached hydrogens (tertiary/aromatic N) is 1. The van der Waals surface area contributed by atoms with Crippen molar-refractivity contribution in [1.82, 2.24) is 0 Å². The van der Waals surface area contributed by atoms with Crippen LogP contribution in [0.5, 0.6) is 0 Å². The molecule has 0 bridgehead atoms. The molecule has 2 N–H and O–H groups in total. The van der Waals surface area contributed by atoms with Crippen molar-refractivity contribution in [3.05, 3.63) is 57.0 Å². The SMILES string of the molecule is Nc1ccc(/C=C/c2ccc([N+](=O)[O-])cc2)s1. The predicted molar refractivity (Wildman–Crippen MR) is 70.8 cm³/mol. The minimum absolute atomic E-state index is 0.0996. The topological polar surface area (TPSA) is 69.2 Å². The first-order valence-corrected chi connectivity index (χ1v) is 5.74. The number of hydrogen-bond acceptors (Lipinski definition) is 4. The first-order chi connectivity index (χ1) is 8.15. The Bertz CT molecular complexity index is 558. The molecule has 0 unspecified atom stereocenters. The van der Waals surface area contributed by atoms with Gasteiger partial charge in [-0.3, -0.25) is 10.1 Å². The van der Waals surface area contributed by atoms with Crippen molar-refractivity contribution < 1.29 is 4.92 Å². The molecule has 0 aliphatic carbocycles. The van der Waals surface area contributed by atoms with E-state index >= 15 is 0 Å². The molecule has 5 heteroatoms. The lowest BCUT2D eigenvalue weighted by molar-refractivity contribution is -0.384. The molecule has 0 saturated carbocycles. The van der Waals surface area contributed by atoms with Gasteiger partial charge < -0.3 is 5.73 Å². The molecule has 2 rings (SSSR count). The minimum atomic E-state index is -0.409. The third-order valence-electron chi connectivity index (χ3n) is 2.19. The van der Waals surface area contributed by atoms with E-state index < -0.39 is 4.92 Å². The Morgan fingerprint density at radius 3 is 2.35 bits per heavy atom. The molecule has 0 spiro atoms. The summed E-state index contributed by atoms with van der Waals surface area (Å²) in [6, 6.07) is 10.2. The highest BCUT2D eigenvalue weighted by atomic mass is 32.1. The van der Waals surface area contributed by atoms with E-state index in [0.717, 1.165) is 15.4 Å². The summed E-state index contributed by atoms with van der Waals surface area (Å²) in [5, 5.41) is 11.2. The zero-order valence-electron chi connectivity index (χ0n) is 8.87. The van der Waals surface area contributed by atoms with Crippen molar-refractivity contribution in [1.29, 1.82) is 0 Å². The molecule has 4 nitrogen and oxygen atoms in total. The van der Waals surface area contributed by atoms with Gasteiger partial charge in [0.05, 0.1) is 9.92 Å². The lowest BCUT2D eigenvalue weighted by atomic mass is 10.2. The van der Waals surface area contributed by atoms with Gasteiger partial charge in [0.25, 0.3) is 5.69 Å². The normalized spacial score (nSPS) is 10.8. The maximum Gasteiger partial charge on any atom is 0.269 e. The fraction of sp³-hybridized carbons (Fsp3) is 0. The quantitative estimate of drug-likeness (QED) is 0.666. The highest BCUT2D eigenvalue weighted by Crippen LogP contribution is 2.21. The molecule has 2 aromatic rings. The van der Waals surface area contributed by atoms with Crippen LogP contribution >= 0.6 is 11.3 Å². The van der Waals surface area contributed by atoms with E-state index in [4.69, 9.17) is 5.73 Å². The number of rotatable bonds is 3. The van der Waals surface area contributed by atoms with E-state index in [9.17, 15) is 10.1 Å². The van der Waals surface area contributed by atoms with E-state index in [0.29, 0.717) is 0 Å². The molecule has 1 aromatic heterocycles. The monoisotopic (exact) mass is 246 g/mol. The molecule has 0 fully saturated rings. The lowest BCUT2D eigenvalue weighted by Gasteiger charge is -1.93. The number of hydrogen-bond donors (Lipinski definition) is 1. The molecule has 0 aliphatic heterocycles. The summed E-state index contributed by atoms with van der Waals surface area (Å²) >= 11 is 1.50. The standard InChI is InChI=1S/C12H10N2O2S/c13-12-8-7-11(17-12)6-3-9-1-4-10(5-2-9)14(15)16/h1-8H,13H2/b6-3+. The van der Waals surface area contributed by atoms with Crippen LogP contribution in [0, 0.1) is 10.1 Å². The Balaban J connectivity index is 2.13. The highest BCUT2D eigenvalue weighted by molar-refractivity contribution is 7.16. The summed E-state index contributed by atoms with van der Waals surface area (Å²) in [4.78, 5) is 11.1. The van der Waals surface area contributed by atoms with Crippen LogP contribution in [0.3, 0.4) is 0 Å². The number of non-ortho nitro benzene ring substituents is 1. The molecule has 0 amide bonds. The fourth-order valence-electron chi connectivity index (χ4n) is 1.34. The van der Waals surface area contributed by atoms with Crippen LogP contribution in [-0.2, 0) is 0 Å². The van der Waals surface area contributed by atoms with E-state index in [1.165, 1.54) is 23.5 Å². The van der Waals surface area contributed by atoms with Crippen LogP contribution in [0.25, 0.3) is 12.2 Å². The summed E-state index contributed by atoms with van der Waals surface area (Å²) in [6.45, 7) is 0. The fourth-order valence-corrected chi connectivity index (χ4v) is 2.02. The highest BCUT2D eigenvalue weighted by Gasteiger charge is 2.02. The van der Waals surface area contributed by atoms with Gasteiger partial charge in [-0.25, -0.2) is 0 Å². The van der Waals surface area contributed by atoms with E-state index in [1.807, 2.05) is 24.3 Å². The third kappa shape index (κ3) is 2.92. The van der Waals surface area contributed by atoms with E-state index in [2.05, 4.69) is 0 Å². The first kappa shape index (κ1) is 11.3. The summed E-state index contributed by atoms with van der Waals surface area (Å²) in [5.41, 5.74) is 6.63. The lowest BCUT2D eigenvalue weighted by Crippen LogP contribution is -1.86. The number of nitro groups is 1. The summed E-state index contributed by atoms with van der Waals surface area (Å²) in [7, 11) is 0.